The van der Waals surface area contributed by atoms with E-state index in [0.29, 0.717) is 25.5 Å². The average Bonchev–Trinajstić information content (AvgIpc) is 3.23. The van der Waals surface area contributed by atoms with Crippen molar-refractivity contribution >= 4 is 34.9 Å². The third-order valence-corrected chi connectivity index (χ3v) is 4.77. The van der Waals surface area contributed by atoms with Crippen LogP contribution in [0.4, 0.5) is 10.7 Å². The summed E-state index contributed by atoms with van der Waals surface area (Å²) in [5.74, 6) is -0.649. The molecule has 0 saturated carbocycles. The lowest BCUT2D eigenvalue weighted by Gasteiger charge is -2.15. The fraction of sp³-hybridized carbons (Fsp3) is 0.474. The van der Waals surface area contributed by atoms with Crippen LogP contribution in [0.5, 0.6) is 0 Å². The van der Waals surface area contributed by atoms with Gasteiger partial charge in [0.1, 0.15) is 6.04 Å². The molecule has 2 aromatic rings. The van der Waals surface area contributed by atoms with Crippen molar-refractivity contribution in [1.29, 1.82) is 0 Å². The van der Waals surface area contributed by atoms with Gasteiger partial charge in [-0.1, -0.05) is 18.6 Å². The normalized spacial score (nSPS) is 14.0. The van der Waals surface area contributed by atoms with Gasteiger partial charge in [0, 0.05) is 26.1 Å². The van der Waals surface area contributed by atoms with Crippen molar-refractivity contribution in [2.75, 3.05) is 18.0 Å². The average molecular weight is 387 g/mol. The van der Waals surface area contributed by atoms with Gasteiger partial charge in [-0.3, -0.25) is 14.5 Å². The van der Waals surface area contributed by atoms with Gasteiger partial charge >= 0.3 is 12.0 Å². The molecule has 0 radical (unpaired) electrons. The fourth-order valence-corrected chi connectivity index (χ4v) is 3.24. The first-order valence-electron chi connectivity index (χ1n) is 9.50. The molecule has 1 atom stereocenters. The van der Waals surface area contributed by atoms with Crippen molar-refractivity contribution in [3.63, 3.8) is 0 Å². The summed E-state index contributed by atoms with van der Waals surface area (Å²) in [6, 6.07) is 6.78. The van der Waals surface area contributed by atoms with Gasteiger partial charge < -0.3 is 20.3 Å². The molecular formula is C19H25N5O4. The van der Waals surface area contributed by atoms with E-state index in [2.05, 4.69) is 15.6 Å². The molecule has 0 saturated heterocycles. The summed E-state index contributed by atoms with van der Waals surface area (Å²) in [6.07, 6.45) is 2.45. The number of rotatable bonds is 8. The highest BCUT2D eigenvalue weighted by atomic mass is 16.4. The largest absolute Gasteiger partial charge is 0.480 e. The zero-order valence-electron chi connectivity index (χ0n) is 15.9. The van der Waals surface area contributed by atoms with Crippen molar-refractivity contribution in [3.05, 3.63) is 24.3 Å². The number of imidazole rings is 1. The summed E-state index contributed by atoms with van der Waals surface area (Å²) in [5.41, 5.74) is 1.91. The Morgan fingerprint density at radius 2 is 1.96 bits per heavy atom. The third-order valence-electron chi connectivity index (χ3n) is 4.77. The van der Waals surface area contributed by atoms with Gasteiger partial charge in [0.15, 0.2) is 0 Å². The number of para-hydroxylation sites is 2. The van der Waals surface area contributed by atoms with Gasteiger partial charge in [-0.05, 0) is 31.9 Å². The zero-order valence-corrected chi connectivity index (χ0v) is 15.9. The van der Waals surface area contributed by atoms with E-state index in [-0.39, 0.29) is 18.4 Å². The van der Waals surface area contributed by atoms with Crippen LogP contribution < -0.4 is 15.5 Å². The van der Waals surface area contributed by atoms with Crippen LogP contribution >= 0.6 is 0 Å². The number of hydrogen-bond acceptors (Lipinski definition) is 4. The standard InChI is InChI=1S/C19H25N5O4/c1-13(17(26)27)21-16(25)9-3-2-6-10-20-19(28)24-12-11-23-15-8-5-4-7-14(15)22-18(23)24/h4-5,7-8,13H,2-3,6,9-12H2,1H3,(H,20,28)(H,21,25)(H,26,27)/t13-/m1/s1. The summed E-state index contributed by atoms with van der Waals surface area (Å²) in [5, 5.41) is 14.1. The first-order chi connectivity index (χ1) is 13.5. The topological polar surface area (TPSA) is 117 Å². The van der Waals surface area contributed by atoms with E-state index in [0.717, 1.165) is 30.4 Å². The number of carboxylic acid groups (broad SMARTS) is 1. The minimum Gasteiger partial charge on any atom is -0.480 e. The van der Waals surface area contributed by atoms with Crippen LogP contribution in [-0.4, -0.2) is 51.7 Å². The van der Waals surface area contributed by atoms with Crippen LogP contribution in [0, 0.1) is 0 Å². The quantitative estimate of drug-likeness (QED) is 0.596. The number of urea groups is 1. The molecule has 150 valence electrons. The monoisotopic (exact) mass is 387 g/mol. The predicted molar refractivity (Wildman–Crippen MR) is 104 cm³/mol. The van der Waals surface area contributed by atoms with Crippen molar-refractivity contribution in [1.82, 2.24) is 20.2 Å². The van der Waals surface area contributed by atoms with Gasteiger partial charge in [-0.2, -0.15) is 0 Å². The number of benzene rings is 1. The molecule has 3 N–H and O–H groups in total. The predicted octanol–water partition coefficient (Wildman–Crippen LogP) is 1.72. The SMILES string of the molecule is C[C@@H](NC(=O)CCCCCNC(=O)N1CCn2c1nc1ccccc12)C(=O)O. The summed E-state index contributed by atoms with van der Waals surface area (Å²) < 4.78 is 2.05. The van der Waals surface area contributed by atoms with E-state index >= 15 is 0 Å². The molecule has 2 heterocycles. The van der Waals surface area contributed by atoms with Crippen LogP contribution in [-0.2, 0) is 16.1 Å². The van der Waals surface area contributed by atoms with Gasteiger partial charge in [0.05, 0.1) is 11.0 Å². The molecule has 0 fully saturated rings. The Hall–Kier alpha value is -3.10. The molecule has 3 amide bonds. The Balaban J connectivity index is 1.37. The third kappa shape index (κ3) is 4.41. The van der Waals surface area contributed by atoms with E-state index in [4.69, 9.17) is 5.11 Å². The van der Waals surface area contributed by atoms with Crippen LogP contribution in [0.3, 0.4) is 0 Å². The molecule has 0 unspecified atom stereocenters. The van der Waals surface area contributed by atoms with E-state index in [1.807, 2.05) is 28.8 Å². The highest BCUT2D eigenvalue weighted by Gasteiger charge is 2.27. The molecule has 1 aliphatic heterocycles. The van der Waals surface area contributed by atoms with Crippen molar-refractivity contribution in [3.8, 4) is 0 Å². The maximum atomic E-state index is 12.5. The summed E-state index contributed by atoms with van der Waals surface area (Å²) in [4.78, 5) is 40.9. The zero-order chi connectivity index (χ0) is 20.1. The van der Waals surface area contributed by atoms with Crippen molar-refractivity contribution in [2.24, 2.45) is 0 Å². The molecule has 0 bridgehead atoms. The number of carbonyl (C=O) groups is 3. The van der Waals surface area contributed by atoms with Crippen LogP contribution in [0.1, 0.15) is 32.6 Å². The molecule has 0 spiro atoms. The lowest BCUT2D eigenvalue weighted by atomic mass is 10.2. The molecular weight excluding hydrogens is 362 g/mol. The smallest absolute Gasteiger partial charge is 0.325 e. The number of aliphatic carboxylic acids is 1. The second-order valence-electron chi connectivity index (χ2n) is 6.87. The maximum absolute atomic E-state index is 12.5. The van der Waals surface area contributed by atoms with Crippen molar-refractivity contribution < 1.29 is 19.5 Å². The minimum atomic E-state index is -1.05. The number of fused-ring (bicyclic) bond motifs is 3. The maximum Gasteiger partial charge on any atom is 0.325 e. The van der Waals surface area contributed by atoms with E-state index in [1.54, 1.807) is 4.90 Å². The lowest BCUT2D eigenvalue weighted by Crippen LogP contribution is -2.39. The van der Waals surface area contributed by atoms with Crippen LogP contribution in [0.15, 0.2) is 24.3 Å². The van der Waals surface area contributed by atoms with Crippen LogP contribution in [0.25, 0.3) is 11.0 Å². The highest BCUT2D eigenvalue weighted by molar-refractivity contribution is 5.93. The highest BCUT2D eigenvalue weighted by Crippen LogP contribution is 2.26. The van der Waals surface area contributed by atoms with E-state index in [9.17, 15) is 14.4 Å². The first-order valence-corrected chi connectivity index (χ1v) is 9.50. The minimum absolute atomic E-state index is 0.165. The molecule has 9 nitrogen and oxygen atoms in total. The number of carboxylic acids is 1. The Kier molecular flexibility index (Phi) is 6.13. The fourth-order valence-electron chi connectivity index (χ4n) is 3.24. The number of nitrogens with zero attached hydrogens (tertiary/aromatic N) is 3. The summed E-state index contributed by atoms with van der Waals surface area (Å²) in [7, 11) is 0. The van der Waals surface area contributed by atoms with E-state index < -0.39 is 12.0 Å². The van der Waals surface area contributed by atoms with Gasteiger partial charge in [0.2, 0.25) is 11.9 Å². The Bertz CT molecular complexity index is 878. The summed E-state index contributed by atoms with van der Waals surface area (Å²) in [6.45, 7) is 3.28. The lowest BCUT2D eigenvalue weighted by molar-refractivity contribution is -0.141. The van der Waals surface area contributed by atoms with Gasteiger partial charge in [-0.25, -0.2) is 9.78 Å². The Morgan fingerprint density at radius 3 is 2.75 bits per heavy atom. The molecule has 1 aromatic carbocycles. The van der Waals surface area contributed by atoms with Crippen molar-refractivity contribution in [2.45, 2.75) is 45.2 Å². The number of carbonyl (C=O) groups excluding carboxylic acids is 2. The number of aromatic nitrogens is 2. The Morgan fingerprint density at radius 1 is 1.18 bits per heavy atom. The van der Waals surface area contributed by atoms with Gasteiger partial charge in [-0.15, -0.1) is 0 Å². The second kappa shape index (κ2) is 8.73. The number of anilines is 1. The number of unbranched alkanes of at least 4 members (excludes halogenated alkanes) is 2. The number of amides is 3. The molecule has 0 aliphatic carbocycles. The molecule has 9 heteroatoms. The second-order valence-corrected chi connectivity index (χ2v) is 6.87. The molecule has 1 aliphatic rings. The van der Waals surface area contributed by atoms with Crippen LogP contribution in [0.2, 0.25) is 0 Å². The molecule has 28 heavy (non-hydrogen) atoms. The van der Waals surface area contributed by atoms with E-state index in [1.165, 1.54) is 6.92 Å². The Labute approximate surface area is 162 Å². The van der Waals surface area contributed by atoms with Gasteiger partial charge in [0.25, 0.3) is 0 Å². The number of hydrogen-bond donors (Lipinski definition) is 3. The first kappa shape index (κ1) is 19.7. The summed E-state index contributed by atoms with van der Waals surface area (Å²) >= 11 is 0. The number of nitrogens with one attached hydrogen (secondary N) is 2. The molecule has 3 rings (SSSR count). The molecule has 1 aromatic heterocycles.